The van der Waals surface area contributed by atoms with E-state index < -0.39 is 0 Å². The van der Waals surface area contributed by atoms with Crippen molar-refractivity contribution in [2.24, 2.45) is 0 Å². The Hall–Kier alpha value is -3.48. The molecule has 6 nitrogen and oxygen atoms in total. The number of nitrogens with one attached hydrogen (secondary N) is 1. The number of oxazole rings is 1. The number of carbonyl (C=O) groups is 1. The van der Waals surface area contributed by atoms with E-state index in [1.165, 1.54) is 16.8 Å². The number of amides is 1. The average molecular weight is 362 g/mol. The van der Waals surface area contributed by atoms with E-state index in [9.17, 15) is 9.18 Å². The normalized spacial score (nSPS) is 16.4. The standard InChI is InChI=1S/C20H15FN4O2/c1-11-18-14(12-6-8-13(21)9-7-12)10-17(26)23-19(18)25(24-11)20-22-15-4-2-3-5-16(15)27-20/h2-9,14H,10H2,1H3,(H,23,26)/t14-/m1/s1. The predicted octanol–water partition coefficient (Wildman–Crippen LogP) is 3.94. The largest absolute Gasteiger partial charge is 0.422 e. The lowest BCUT2D eigenvalue weighted by atomic mass is 9.86. The minimum absolute atomic E-state index is 0.130. The Morgan fingerprint density at radius 1 is 1.19 bits per heavy atom. The molecule has 0 unspecified atom stereocenters. The zero-order chi connectivity index (χ0) is 18.5. The van der Waals surface area contributed by atoms with Crippen molar-refractivity contribution in [3.63, 3.8) is 0 Å². The summed E-state index contributed by atoms with van der Waals surface area (Å²) in [4.78, 5) is 16.8. The van der Waals surface area contributed by atoms with Crippen LogP contribution in [0.1, 0.15) is 29.2 Å². The van der Waals surface area contributed by atoms with Crippen molar-refractivity contribution < 1.29 is 13.6 Å². The Labute approximate surface area is 153 Å². The highest BCUT2D eigenvalue weighted by Crippen LogP contribution is 2.40. The van der Waals surface area contributed by atoms with Crippen LogP contribution in [0, 0.1) is 12.7 Å². The van der Waals surface area contributed by atoms with Crippen LogP contribution in [0.25, 0.3) is 17.1 Å². The number of aromatic nitrogens is 3. The number of hydrogen-bond acceptors (Lipinski definition) is 4. The second-order valence-corrected chi connectivity index (χ2v) is 6.58. The molecule has 1 N–H and O–H groups in total. The number of anilines is 1. The third kappa shape index (κ3) is 2.51. The lowest BCUT2D eigenvalue weighted by Crippen LogP contribution is -2.25. The highest BCUT2D eigenvalue weighted by atomic mass is 19.1. The molecule has 2 aromatic heterocycles. The lowest BCUT2D eigenvalue weighted by molar-refractivity contribution is -0.116. The summed E-state index contributed by atoms with van der Waals surface area (Å²) in [6.07, 6.45) is 0.277. The van der Waals surface area contributed by atoms with Gasteiger partial charge in [-0.15, -0.1) is 0 Å². The number of benzene rings is 2. The SMILES string of the molecule is Cc1nn(-c2nc3ccccc3o2)c2c1[C@@H](c1ccc(F)cc1)CC(=O)N2. The van der Waals surface area contributed by atoms with E-state index in [4.69, 9.17) is 4.42 Å². The van der Waals surface area contributed by atoms with Gasteiger partial charge in [-0.25, -0.2) is 4.39 Å². The van der Waals surface area contributed by atoms with Gasteiger partial charge in [0.15, 0.2) is 5.58 Å². The van der Waals surface area contributed by atoms with Crippen LogP contribution >= 0.6 is 0 Å². The van der Waals surface area contributed by atoms with E-state index >= 15 is 0 Å². The van der Waals surface area contributed by atoms with Crippen molar-refractivity contribution in [3.05, 3.63) is 71.2 Å². The van der Waals surface area contributed by atoms with Gasteiger partial charge >= 0.3 is 6.01 Å². The maximum absolute atomic E-state index is 13.3. The summed E-state index contributed by atoms with van der Waals surface area (Å²) in [5, 5.41) is 7.45. The van der Waals surface area contributed by atoms with Crippen LogP contribution in [0.15, 0.2) is 52.9 Å². The molecule has 0 radical (unpaired) electrons. The monoisotopic (exact) mass is 362 g/mol. The maximum atomic E-state index is 13.3. The van der Waals surface area contributed by atoms with Gasteiger partial charge in [0.05, 0.1) is 5.69 Å². The van der Waals surface area contributed by atoms with Gasteiger partial charge in [0, 0.05) is 17.9 Å². The molecule has 1 aliphatic heterocycles. The highest BCUT2D eigenvalue weighted by Gasteiger charge is 2.33. The zero-order valence-corrected chi connectivity index (χ0v) is 14.4. The van der Waals surface area contributed by atoms with Crippen molar-refractivity contribution in [1.82, 2.24) is 14.8 Å². The summed E-state index contributed by atoms with van der Waals surface area (Å²) in [5.74, 6) is -0.0932. The number of halogens is 1. The third-order valence-electron chi connectivity index (χ3n) is 4.84. The van der Waals surface area contributed by atoms with E-state index in [0.717, 1.165) is 16.8 Å². The fourth-order valence-electron chi connectivity index (χ4n) is 3.62. The maximum Gasteiger partial charge on any atom is 0.325 e. The first-order chi connectivity index (χ1) is 13.1. The van der Waals surface area contributed by atoms with Crippen molar-refractivity contribution in [1.29, 1.82) is 0 Å². The summed E-state index contributed by atoms with van der Waals surface area (Å²) in [5.41, 5.74) is 3.89. The predicted molar refractivity (Wildman–Crippen MR) is 97.4 cm³/mol. The minimum Gasteiger partial charge on any atom is -0.422 e. The Kier molecular flexibility index (Phi) is 3.36. The summed E-state index contributed by atoms with van der Waals surface area (Å²) >= 11 is 0. The number of fused-ring (bicyclic) bond motifs is 2. The van der Waals surface area contributed by atoms with Crippen LogP contribution in [0.4, 0.5) is 10.2 Å². The Morgan fingerprint density at radius 3 is 2.74 bits per heavy atom. The average Bonchev–Trinajstić information content (AvgIpc) is 3.23. The molecule has 27 heavy (non-hydrogen) atoms. The zero-order valence-electron chi connectivity index (χ0n) is 14.4. The number of carbonyl (C=O) groups excluding carboxylic acids is 1. The van der Waals surface area contributed by atoms with Crippen molar-refractivity contribution in [2.45, 2.75) is 19.3 Å². The fourth-order valence-corrected chi connectivity index (χ4v) is 3.62. The molecular weight excluding hydrogens is 347 g/mol. The first kappa shape index (κ1) is 15.7. The van der Waals surface area contributed by atoms with Crippen molar-refractivity contribution in [2.75, 3.05) is 5.32 Å². The van der Waals surface area contributed by atoms with E-state index in [2.05, 4.69) is 15.4 Å². The van der Waals surface area contributed by atoms with E-state index in [0.29, 0.717) is 22.9 Å². The molecule has 2 aromatic carbocycles. The number of rotatable bonds is 2. The van der Waals surface area contributed by atoms with Crippen LogP contribution in [0.2, 0.25) is 0 Å². The summed E-state index contributed by atoms with van der Waals surface area (Å²) in [6, 6.07) is 13.9. The Morgan fingerprint density at radius 2 is 1.96 bits per heavy atom. The molecule has 1 atom stereocenters. The second kappa shape index (κ2) is 5.77. The van der Waals surface area contributed by atoms with Crippen LogP contribution in [0.3, 0.4) is 0 Å². The molecule has 0 spiro atoms. The molecule has 1 amide bonds. The van der Waals surface area contributed by atoms with Crippen LogP contribution < -0.4 is 5.32 Å². The number of nitrogens with zero attached hydrogens (tertiary/aromatic N) is 3. The van der Waals surface area contributed by atoms with Gasteiger partial charge in [0.25, 0.3) is 0 Å². The molecule has 0 bridgehead atoms. The van der Waals surface area contributed by atoms with Crippen molar-refractivity contribution in [3.8, 4) is 6.01 Å². The fraction of sp³-hybridized carbons (Fsp3) is 0.150. The lowest BCUT2D eigenvalue weighted by Gasteiger charge is -2.23. The number of hydrogen-bond donors (Lipinski definition) is 1. The van der Waals surface area contributed by atoms with Gasteiger partial charge < -0.3 is 9.73 Å². The highest BCUT2D eigenvalue weighted by molar-refractivity contribution is 5.95. The van der Waals surface area contributed by atoms with E-state index in [1.807, 2.05) is 31.2 Å². The number of aryl methyl sites for hydroxylation is 1. The second-order valence-electron chi connectivity index (χ2n) is 6.58. The first-order valence-electron chi connectivity index (χ1n) is 8.61. The summed E-state index contributed by atoms with van der Waals surface area (Å²) < 4.78 is 20.7. The quantitative estimate of drug-likeness (QED) is 0.586. The molecule has 0 aliphatic carbocycles. The molecule has 4 aromatic rings. The van der Waals surface area contributed by atoms with Gasteiger partial charge in [-0.3, -0.25) is 4.79 Å². The molecule has 0 saturated heterocycles. The Bertz CT molecular complexity index is 1140. The molecule has 7 heteroatoms. The van der Waals surface area contributed by atoms with Gasteiger partial charge in [-0.05, 0) is 36.8 Å². The minimum atomic E-state index is -0.307. The molecular formula is C20H15FN4O2. The molecule has 134 valence electrons. The van der Waals surface area contributed by atoms with E-state index in [1.54, 1.807) is 12.1 Å². The van der Waals surface area contributed by atoms with Gasteiger partial charge in [0.1, 0.15) is 17.2 Å². The van der Waals surface area contributed by atoms with Gasteiger partial charge in [0.2, 0.25) is 5.91 Å². The van der Waals surface area contributed by atoms with Crippen LogP contribution in [0.5, 0.6) is 0 Å². The third-order valence-corrected chi connectivity index (χ3v) is 4.84. The molecule has 0 saturated carbocycles. The van der Waals surface area contributed by atoms with Crippen LogP contribution in [-0.4, -0.2) is 20.7 Å². The molecule has 1 aliphatic rings. The Balaban J connectivity index is 1.67. The topological polar surface area (TPSA) is 73.0 Å². The van der Waals surface area contributed by atoms with Gasteiger partial charge in [-0.1, -0.05) is 24.3 Å². The smallest absolute Gasteiger partial charge is 0.325 e. The molecule has 0 fully saturated rings. The molecule has 5 rings (SSSR count). The summed E-state index contributed by atoms with van der Waals surface area (Å²) in [6.45, 7) is 1.88. The van der Waals surface area contributed by atoms with E-state index in [-0.39, 0.29) is 24.1 Å². The first-order valence-corrected chi connectivity index (χ1v) is 8.61. The van der Waals surface area contributed by atoms with Crippen LogP contribution in [-0.2, 0) is 4.79 Å². The van der Waals surface area contributed by atoms with Gasteiger partial charge in [-0.2, -0.15) is 14.8 Å². The van der Waals surface area contributed by atoms with Crippen molar-refractivity contribution >= 4 is 22.8 Å². The number of para-hydroxylation sites is 2. The molecule has 3 heterocycles. The summed E-state index contributed by atoms with van der Waals surface area (Å²) in [7, 11) is 0.